The number of pyridine rings is 2. The van der Waals surface area contributed by atoms with Gasteiger partial charge in [-0.25, -0.2) is 0 Å². The number of aromatic nitrogens is 2. The molecule has 21 heavy (non-hydrogen) atoms. The molecule has 0 atom stereocenters. The first-order chi connectivity index (χ1) is 10.3. The summed E-state index contributed by atoms with van der Waals surface area (Å²) in [4.78, 5) is 19.7. The summed E-state index contributed by atoms with van der Waals surface area (Å²) < 4.78 is 4.86. The van der Waals surface area contributed by atoms with E-state index in [2.05, 4.69) is 15.3 Å². The Bertz CT molecular complexity index is 555. The molecule has 0 aromatic carbocycles. The van der Waals surface area contributed by atoms with Crippen LogP contribution in [0, 0.1) is 0 Å². The zero-order valence-electron chi connectivity index (χ0n) is 12.1. The first kappa shape index (κ1) is 15.1. The van der Waals surface area contributed by atoms with Crippen molar-refractivity contribution in [2.24, 2.45) is 0 Å². The summed E-state index contributed by atoms with van der Waals surface area (Å²) >= 11 is 0. The standard InChI is InChI=1S/C16H19N3O2/c1-2-21-16(20)7-9-18-12-15-6-5-14(11-19-15)13-4-3-8-17-10-13/h3-6,8,10-11,18H,2,7,9,12H2,1H3. The van der Waals surface area contributed by atoms with E-state index in [1.54, 1.807) is 13.1 Å². The topological polar surface area (TPSA) is 64.1 Å². The predicted molar refractivity (Wildman–Crippen MR) is 80.4 cm³/mol. The third kappa shape index (κ3) is 4.96. The molecule has 2 aromatic heterocycles. The average Bonchev–Trinajstić information content (AvgIpc) is 2.53. The molecule has 0 fully saturated rings. The Morgan fingerprint density at radius 3 is 2.76 bits per heavy atom. The lowest BCUT2D eigenvalue weighted by molar-refractivity contribution is -0.142. The van der Waals surface area contributed by atoms with Crippen LogP contribution in [-0.2, 0) is 16.1 Å². The molecule has 5 nitrogen and oxygen atoms in total. The summed E-state index contributed by atoms with van der Waals surface area (Å²) in [6.45, 7) is 3.45. The lowest BCUT2D eigenvalue weighted by Gasteiger charge is -2.05. The second kappa shape index (κ2) is 8.11. The van der Waals surface area contributed by atoms with Crippen molar-refractivity contribution in [3.05, 3.63) is 48.5 Å². The number of esters is 1. The molecule has 0 aliphatic carbocycles. The van der Waals surface area contributed by atoms with E-state index >= 15 is 0 Å². The van der Waals surface area contributed by atoms with Crippen LogP contribution in [0.2, 0.25) is 0 Å². The van der Waals surface area contributed by atoms with E-state index in [-0.39, 0.29) is 5.97 Å². The molecular formula is C16H19N3O2. The number of nitrogens with zero attached hydrogens (tertiary/aromatic N) is 2. The van der Waals surface area contributed by atoms with E-state index < -0.39 is 0 Å². The molecule has 0 unspecified atom stereocenters. The van der Waals surface area contributed by atoms with Crippen molar-refractivity contribution in [1.82, 2.24) is 15.3 Å². The van der Waals surface area contributed by atoms with Gasteiger partial charge >= 0.3 is 5.97 Å². The quantitative estimate of drug-likeness (QED) is 0.624. The zero-order chi connectivity index (χ0) is 14.9. The van der Waals surface area contributed by atoms with Crippen LogP contribution in [0.25, 0.3) is 11.1 Å². The molecular weight excluding hydrogens is 266 g/mol. The number of carbonyl (C=O) groups excluding carboxylic acids is 1. The molecule has 0 saturated carbocycles. The Kier molecular flexibility index (Phi) is 5.84. The summed E-state index contributed by atoms with van der Waals surface area (Å²) in [5.74, 6) is -0.176. The molecule has 0 amide bonds. The van der Waals surface area contributed by atoms with Gasteiger partial charge in [0, 0.05) is 42.8 Å². The van der Waals surface area contributed by atoms with Crippen LogP contribution in [0.15, 0.2) is 42.9 Å². The maximum absolute atomic E-state index is 11.2. The minimum atomic E-state index is -0.176. The molecule has 2 heterocycles. The van der Waals surface area contributed by atoms with Crippen LogP contribution in [0.1, 0.15) is 19.0 Å². The van der Waals surface area contributed by atoms with Crippen molar-refractivity contribution in [2.45, 2.75) is 19.9 Å². The first-order valence-corrected chi connectivity index (χ1v) is 7.01. The van der Waals surface area contributed by atoms with Gasteiger partial charge in [-0.3, -0.25) is 14.8 Å². The Hall–Kier alpha value is -2.27. The summed E-state index contributed by atoms with van der Waals surface area (Å²) in [6.07, 6.45) is 5.77. The van der Waals surface area contributed by atoms with Crippen LogP contribution in [-0.4, -0.2) is 29.1 Å². The lowest BCUT2D eigenvalue weighted by Crippen LogP contribution is -2.19. The average molecular weight is 285 g/mol. The van der Waals surface area contributed by atoms with Gasteiger partial charge in [-0.05, 0) is 19.1 Å². The van der Waals surface area contributed by atoms with Crippen molar-refractivity contribution in [2.75, 3.05) is 13.2 Å². The molecule has 0 bridgehead atoms. The highest BCUT2D eigenvalue weighted by atomic mass is 16.5. The van der Waals surface area contributed by atoms with Crippen LogP contribution < -0.4 is 5.32 Å². The van der Waals surface area contributed by atoms with Gasteiger partial charge in [0.1, 0.15) is 0 Å². The summed E-state index contributed by atoms with van der Waals surface area (Å²) in [5, 5.41) is 3.17. The van der Waals surface area contributed by atoms with Crippen LogP contribution in [0.4, 0.5) is 0 Å². The molecule has 2 aromatic rings. The molecule has 0 saturated heterocycles. The van der Waals surface area contributed by atoms with E-state index in [9.17, 15) is 4.79 Å². The maximum Gasteiger partial charge on any atom is 0.307 e. The van der Waals surface area contributed by atoms with Crippen molar-refractivity contribution >= 4 is 5.97 Å². The number of hydrogen-bond donors (Lipinski definition) is 1. The Balaban J connectivity index is 1.79. The lowest BCUT2D eigenvalue weighted by atomic mass is 10.1. The molecule has 0 aliphatic rings. The summed E-state index contributed by atoms with van der Waals surface area (Å²) in [7, 11) is 0. The van der Waals surface area contributed by atoms with Crippen molar-refractivity contribution in [1.29, 1.82) is 0 Å². The second-order valence-corrected chi connectivity index (χ2v) is 4.51. The van der Waals surface area contributed by atoms with Gasteiger partial charge in [0.05, 0.1) is 18.7 Å². The number of carbonyl (C=O) groups is 1. The fourth-order valence-corrected chi connectivity index (χ4v) is 1.87. The molecule has 0 aliphatic heterocycles. The third-order valence-corrected chi connectivity index (χ3v) is 2.94. The largest absolute Gasteiger partial charge is 0.466 e. The fraction of sp³-hybridized carbons (Fsp3) is 0.312. The normalized spacial score (nSPS) is 10.3. The maximum atomic E-state index is 11.2. The van der Waals surface area contributed by atoms with E-state index in [1.807, 2.05) is 36.7 Å². The molecule has 0 spiro atoms. The highest BCUT2D eigenvalue weighted by Crippen LogP contribution is 2.16. The molecule has 2 rings (SSSR count). The SMILES string of the molecule is CCOC(=O)CCNCc1ccc(-c2cccnc2)cn1. The van der Waals surface area contributed by atoms with Gasteiger partial charge in [-0.2, -0.15) is 0 Å². The second-order valence-electron chi connectivity index (χ2n) is 4.51. The molecule has 0 radical (unpaired) electrons. The van der Waals surface area contributed by atoms with E-state index in [1.165, 1.54) is 0 Å². The van der Waals surface area contributed by atoms with E-state index in [0.717, 1.165) is 16.8 Å². The Morgan fingerprint density at radius 2 is 2.10 bits per heavy atom. The van der Waals surface area contributed by atoms with Gasteiger partial charge < -0.3 is 10.1 Å². The molecule has 110 valence electrons. The minimum absolute atomic E-state index is 0.176. The molecule has 1 N–H and O–H groups in total. The van der Waals surface area contributed by atoms with Crippen LogP contribution in [0.3, 0.4) is 0 Å². The summed E-state index contributed by atoms with van der Waals surface area (Å²) in [5.41, 5.74) is 3.02. The number of ether oxygens (including phenoxy) is 1. The number of hydrogen-bond acceptors (Lipinski definition) is 5. The monoisotopic (exact) mass is 285 g/mol. The first-order valence-electron chi connectivity index (χ1n) is 7.01. The van der Waals surface area contributed by atoms with Crippen molar-refractivity contribution in [3.8, 4) is 11.1 Å². The number of nitrogens with one attached hydrogen (secondary N) is 1. The summed E-state index contributed by atoms with van der Waals surface area (Å²) in [6, 6.07) is 7.90. The van der Waals surface area contributed by atoms with E-state index in [4.69, 9.17) is 4.74 Å². The Morgan fingerprint density at radius 1 is 1.24 bits per heavy atom. The van der Waals surface area contributed by atoms with Gasteiger partial charge in [-0.1, -0.05) is 12.1 Å². The van der Waals surface area contributed by atoms with Gasteiger partial charge in [0.25, 0.3) is 0 Å². The van der Waals surface area contributed by atoms with E-state index in [0.29, 0.717) is 26.1 Å². The van der Waals surface area contributed by atoms with Gasteiger partial charge in [0.2, 0.25) is 0 Å². The molecule has 5 heteroatoms. The van der Waals surface area contributed by atoms with Crippen LogP contribution >= 0.6 is 0 Å². The van der Waals surface area contributed by atoms with Crippen molar-refractivity contribution in [3.63, 3.8) is 0 Å². The highest BCUT2D eigenvalue weighted by molar-refractivity contribution is 5.69. The smallest absolute Gasteiger partial charge is 0.307 e. The van der Waals surface area contributed by atoms with Crippen LogP contribution in [0.5, 0.6) is 0 Å². The van der Waals surface area contributed by atoms with Crippen molar-refractivity contribution < 1.29 is 9.53 Å². The number of rotatable bonds is 7. The fourth-order valence-electron chi connectivity index (χ4n) is 1.87. The van der Waals surface area contributed by atoms with Gasteiger partial charge in [0.15, 0.2) is 0 Å². The zero-order valence-corrected chi connectivity index (χ0v) is 12.1. The van der Waals surface area contributed by atoms with Gasteiger partial charge in [-0.15, -0.1) is 0 Å². The minimum Gasteiger partial charge on any atom is -0.466 e. The third-order valence-electron chi connectivity index (χ3n) is 2.94. The Labute approximate surface area is 124 Å². The predicted octanol–water partition coefficient (Wildman–Crippen LogP) is 2.19. The highest BCUT2D eigenvalue weighted by Gasteiger charge is 2.02.